The Morgan fingerprint density at radius 2 is 2.10 bits per heavy atom. The summed E-state index contributed by atoms with van der Waals surface area (Å²) in [6.07, 6.45) is 0.393. The van der Waals surface area contributed by atoms with Gasteiger partial charge in [0.05, 0.1) is 27.7 Å². The molecule has 1 aromatic rings. The lowest BCUT2D eigenvalue weighted by atomic mass is 9.93. The van der Waals surface area contributed by atoms with Gasteiger partial charge in [-0.25, -0.2) is 0 Å². The van der Waals surface area contributed by atoms with Crippen LogP contribution in [0.2, 0.25) is 5.02 Å². The van der Waals surface area contributed by atoms with Crippen LogP contribution in [0.4, 0.5) is 5.69 Å². The van der Waals surface area contributed by atoms with E-state index in [1.807, 2.05) is 6.07 Å². The predicted molar refractivity (Wildman–Crippen MR) is 82.5 cm³/mol. The van der Waals surface area contributed by atoms with Gasteiger partial charge in [0.2, 0.25) is 0 Å². The second kappa shape index (κ2) is 6.79. The fourth-order valence-electron chi connectivity index (χ4n) is 1.70. The first-order chi connectivity index (χ1) is 9.78. The molecule has 7 heteroatoms. The molecule has 1 atom stereocenters. The molecule has 1 amide bonds. The van der Waals surface area contributed by atoms with Crippen molar-refractivity contribution in [3.63, 3.8) is 0 Å². The highest BCUT2D eigenvalue weighted by molar-refractivity contribution is 6.32. The van der Waals surface area contributed by atoms with Crippen LogP contribution in [0.15, 0.2) is 12.1 Å². The van der Waals surface area contributed by atoms with Crippen LogP contribution >= 0.6 is 23.2 Å². The lowest BCUT2D eigenvalue weighted by molar-refractivity contribution is -0.122. The van der Waals surface area contributed by atoms with Crippen molar-refractivity contribution in [1.29, 1.82) is 5.26 Å². The lowest BCUT2D eigenvalue weighted by Gasteiger charge is -2.27. The molecule has 3 N–H and O–H groups in total. The smallest absolute Gasteiger partial charge is 0.252 e. The number of nitrogens with one attached hydrogen (secondary N) is 1. The molecule has 0 aliphatic heterocycles. The van der Waals surface area contributed by atoms with E-state index in [0.717, 1.165) is 0 Å². The van der Waals surface area contributed by atoms with Gasteiger partial charge in [-0.05, 0) is 25.5 Å². The van der Waals surface area contributed by atoms with Crippen molar-refractivity contribution in [3.8, 4) is 6.07 Å². The maximum atomic E-state index is 12.2. The van der Waals surface area contributed by atoms with Crippen molar-refractivity contribution in [2.75, 3.05) is 11.6 Å². The van der Waals surface area contributed by atoms with E-state index in [2.05, 4.69) is 5.32 Å². The second-order valence-electron chi connectivity index (χ2n) is 4.73. The topological polar surface area (TPSA) is 96.0 Å². The van der Waals surface area contributed by atoms with Crippen LogP contribution in [0.3, 0.4) is 0 Å². The molecular weight excluding hydrogens is 313 g/mol. The molecule has 0 bridgehead atoms. The van der Waals surface area contributed by atoms with E-state index in [1.165, 1.54) is 12.1 Å². The number of halogens is 2. The van der Waals surface area contributed by atoms with Gasteiger partial charge in [0.15, 0.2) is 5.78 Å². The number of amides is 1. The van der Waals surface area contributed by atoms with Crippen molar-refractivity contribution in [2.24, 2.45) is 0 Å². The Kier molecular flexibility index (Phi) is 5.59. The van der Waals surface area contributed by atoms with E-state index in [0.29, 0.717) is 6.42 Å². The highest BCUT2D eigenvalue weighted by Gasteiger charge is 2.32. The molecule has 112 valence electrons. The summed E-state index contributed by atoms with van der Waals surface area (Å²) in [6.45, 7) is 3.37. The third-order valence-corrected chi connectivity index (χ3v) is 3.87. The molecule has 1 unspecified atom stereocenters. The van der Waals surface area contributed by atoms with Crippen molar-refractivity contribution in [1.82, 2.24) is 5.32 Å². The fourth-order valence-corrected chi connectivity index (χ4v) is 2.27. The first kappa shape index (κ1) is 17.3. The number of benzene rings is 1. The number of alkyl halides is 1. The molecule has 0 aliphatic carbocycles. The maximum Gasteiger partial charge on any atom is 0.252 e. The zero-order chi connectivity index (χ0) is 16.2. The summed E-state index contributed by atoms with van der Waals surface area (Å²) < 4.78 is 0. The Bertz CT molecular complexity index is 602. The van der Waals surface area contributed by atoms with E-state index in [4.69, 9.17) is 34.2 Å². The minimum absolute atomic E-state index is 0.0875. The second-order valence-corrected chi connectivity index (χ2v) is 5.41. The zero-order valence-corrected chi connectivity index (χ0v) is 13.2. The molecule has 0 aliphatic rings. The highest BCUT2D eigenvalue weighted by atomic mass is 35.5. The SMILES string of the molecule is CCC(C)(NC(=O)c1cc(N)c(C#N)c(Cl)c1)C(=O)CCl. The van der Waals surface area contributed by atoms with Crippen LogP contribution in [-0.2, 0) is 4.79 Å². The van der Waals surface area contributed by atoms with Crippen LogP contribution in [0.5, 0.6) is 0 Å². The molecule has 0 heterocycles. The Hall–Kier alpha value is -1.77. The van der Waals surface area contributed by atoms with E-state index in [9.17, 15) is 9.59 Å². The van der Waals surface area contributed by atoms with Gasteiger partial charge in [0, 0.05) is 5.56 Å². The Labute approximate surface area is 133 Å². The van der Waals surface area contributed by atoms with Gasteiger partial charge >= 0.3 is 0 Å². The number of ketones is 1. The normalized spacial score (nSPS) is 13.1. The van der Waals surface area contributed by atoms with Gasteiger partial charge in [-0.2, -0.15) is 5.26 Å². The van der Waals surface area contributed by atoms with Crippen LogP contribution in [0.1, 0.15) is 36.2 Å². The fraction of sp³-hybridized carbons (Fsp3) is 0.357. The minimum Gasteiger partial charge on any atom is -0.398 e. The van der Waals surface area contributed by atoms with Crippen LogP contribution in [0, 0.1) is 11.3 Å². The number of nitrogens with zero attached hydrogens (tertiary/aromatic N) is 1. The van der Waals surface area contributed by atoms with Crippen LogP contribution < -0.4 is 11.1 Å². The molecule has 0 saturated heterocycles. The van der Waals surface area contributed by atoms with Gasteiger partial charge < -0.3 is 11.1 Å². The lowest BCUT2D eigenvalue weighted by Crippen LogP contribution is -2.52. The van der Waals surface area contributed by atoms with E-state index >= 15 is 0 Å². The standard InChI is InChI=1S/C14H15Cl2N3O2/c1-3-14(2,12(20)6-15)19-13(21)8-4-10(16)9(7-17)11(18)5-8/h4-5H,3,6,18H2,1-2H3,(H,19,21). The van der Waals surface area contributed by atoms with Gasteiger partial charge in [0.1, 0.15) is 6.07 Å². The van der Waals surface area contributed by atoms with E-state index in [-0.39, 0.29) is 33.5 Å². The molecule has 0 radical (unpaired) electrons. The molecular formula is C14H15Cl2N3O2. The minimum atomic E-state index is -1.06. The average Bonchev–Trinajstić information content (AvgIpc) is 2.45. The Morgan fingerprint density at radius 1 is 1.48 bits per heavy atom. The number of Topliss-reactive ketones (excluding diaryl/α,β-unsaturated/α-hetero) is 1. The van der Waals surface area contributed by atoms with E-state index in [1.54, 1.807) is 13.8 Å². The van der Waals surface area contributed by atoms with Crippen LogP contribution in [0.25, 0.3) is 0 Å². The molecule has 1 aromatic carbocycles. The van der Waals surface area contributed by atoms with Crippen molar-refractivity contribution in [2.45, 2.75) is 25.8 Å². The van der Waals surface area contributed by atoms with E-state index < -0.39 is 11.4 Å². The van der Waals surface area contributed by atoms with Gasteiger partial charge in [-0.15, -0.1) is 11.6 Å². The quantitative estimate of drug-likeness (QED) is 0.641. The summed E-state index contributed by atoms with van der Waals surface area (Å²) >= 11 is 11.5. The Balaban J connectivity index is 3.11. The van der Waals surface area contributed by atoms with Crippen molar-refractivity contribution >= 4 is 40.6 Å². The zero-order valence-electron chi connectivity index (χ0n) is 11.7. The average molecular weight is 328 g/mol. The number of hydrogen-bond donors (Lipinski definition) is 2. The first-order valence-electron chi connectivity index (χ1n) is 6.20. The summed E-state index contributed by atoms with van der Waals surface area (Å²) in [5.74, 6) is -0.982. The maximum absolute atomic E-state index is 12.2. The largest absolute Gasteiger partial charge is 0.398 e. The highest BCUT2D eigenvalue weighted by Crippen LogP contribution is 2.24. The third kappa shape index (κ3) is 3.66. The predicted octanol–water partition coefficient (Wildman–Crippen LogP) is 2.50. The van der Waals surface area contributed by atoms with Gasteiger partial charge in [-0.3, -0.25) is 9.59 Å². The summed E-state index contributed by atoms with van der Waals surface area (Å²) in [6, 6.07) is 4.54. The van der Waals surface area contributed by atoms with Crippen LogP contribution in [-0.4, -0.2) is 23.1 Å². The summed E-state index contributed by atoms with van der Waals surface area (Å²) in [7, 11) is 0. The number of carbonyl (C=O) groups is 2. The number of carbonyl (C=O) groups excluding carboxylic acids is 2. The third-order valence-electron chi connectivity index (χ3n) is 3.33. The van der Waals surface area contributed by atoms with Gasteiger partial charge in [0.25, 0.3) is 5.91 Å². The number of rotatable bonds is 5. The molecule has 0 saturated carbocycles. The number of nitrogen functional groups attached to an aromatic ring is 1. The Morgan fingerprint density at radius 3 is 2.52 bits per heavy atom. The first-order valence-corrected chi connectivity index (χ1v) is 7.11. The van der Waals surface area contributed by atoms with Gasteiger partial charge in [-0.1, -0.05) is 18.5 Å². The molecule has 1 rings (SSSR count). The number of anilines is 1. The number of hydrogen-bond acceptors (Lipinski definition) is 4. The van der Waals surface area contributed by atoms with Crippen molar-refractivity contribution in [3.05, 3.63) is 28.3 Å². The molecule has 0 fully saturated rings. The van der Waals surface area contributed by atoms with Crippen molar-refractivity contribution < 1.29 is 9.59 Å². The monoisotopic (exact) mass is 327 g/mol. The molecule has 5 nitrogen and oxygen atoms in total. The number of nitrogens with two attached hydrogens (primary N) is 1. The summed E-state index contributed by atoms with van der Waals surface area (Å²) in [4.78, 5) is 24.1. The summed E-state index contributed by atoms with van der Waals surface area (Å²) in [5, 5.41) is 11.6. The summed E-state index contributed by atoms with van der Waals surface area (Å²) in [5.41, 5.74) is 5.02. The molecule has 21 heavy (non-hydrogen) atoms. The number of nitriles is 1. The molecule has 0 spiro atoms. The molecule has 0 aromatic heterocycles.